The zero-order valence-corrected chi connectivity index (χ0v) is 17.2. The highest BCUT2D eigenvalue weighted by Gasteiger charge is 2.36. The number of aliphatic hydroxyl groups is 1. The van der Waals surface area contributed by atoms with Crippen LogP contribution in [0.25, 0.3) is 0 Å². The summed E-state index contributed by atoms with van der Waals surface area (Å²) >= 11 is 0. The predicted octanol–water partition coefficient (Wildman–Crippen LogP) is 3.24. The number of Topliss-reactive ketones (excluding diaryl/α,β-unsaturated/α-hetero) is 1. The molecule has 1 heterocycles. The van der Waals surface area contributed by atoms with E-state index in [0.717, 1.165) is 28.3 Å². The Labute approximate surface area is 166 Å². The fraction of sp³-hybridized carbons (Fsp3) is 0.348. The molecule has 0 fully saturated rings. The van der Waals surface area contributed by atoms with Gasteiger partial charge in [-0.25, -0.2) is 9.57 Å². The number of aliphatic imine (C=N–C) groups is 1. The molecule has 0 aromatic heterocycles. The molecule has 1 N–H and O–H groups in total. The lowest BCUT2D eigenvalue weighted by Gasteiger charge is -2.22. The molecule has 1 aliphatic carbocycles. The van der Waals surface area contributed by atoms with Gasteiger partial charge in [-0.1, -0.05) is 30.3 Å². The Morgan fingerprint density at radius 1 is 1.21 bits per heavy atom. The number of carbonyl (C=O) groups excluding carboxylic acids is 1. The number of allylic oxidation sites excluding steroid dienone is 5. The van der Waals surface area contributed by atoms with E-state index < -0.39 is 6.23 Å². The van der Waals surface area contributed by atoms with E-state index in [-0.39, 0.29) is 11.8 Å². The monoisotopic (exact) mass is 378 g/mol. The van der Waals surface area contributed by atoms with Gasteiger partial charge in [0.15, 0.2) is 0 Å². The Morgan fingerprint density at radius 2 is 1.89 bits per heavy atom. The van der Waals surface area contributed by atoms with Crippen LogP contribution in [-0.4, -0.2) is 51.6 Å². The minimum absolute atomic E-state index is 0.0221. The minimum Gasteiger partial charge on any atom is -0.362 e. The quantitative estimate of drug-likeness (QED) is 0.497. The smallest absolute Gasteiger partial charge is 0.252 e. The predicted molar refractivity (Wildman–Crippen MR) is 112 cm³/mol. The van der Waals surface area contributed by atoms with E-state index >= 15 is 0 Å². The first kappa shape index (κ1) is 20.0. The Balaban J connectivity index is 1.94. The van der Waals surface area contributed by atoms with E-state index in [0.29, 0.717) is 12.2 Å². The molecule has 0 bridgehead atoms. The highest BCUT2D eigenvalue weighted by Crippen LogP contribution is 2.35. The van der Waals surface area contributed by atoms with Crippen LogP contribution in [0.2, 0.25) is 0 Å². The first-order chi connectivity index (χ1) is 13.3. The molecule has 0 saturated heterocycles. The van der Waals surface area contributed by atoms with Crippen molar-refractivity contribution in [3.63, 3.8) is 0 Å². The van der Waals surface area contributed by atoms with Crippen molar-refractivity contribution in [2.24, 2.45) is 4.99 Å². The maximum Gasteiger partial charge on any atom is 0.252 e. The van der Waals surface area contributed by atoms with E-state index in [1.807, 2.05) is 85.9 Å². The van der Waals surface area contributed by atoms with Crippen molar-refractivity contribution in [1.82, 2.24) is 4.90 Å². The summed E-state index contributed by atoms with van der Waals surface area (Å²) in [6.45, 7) is 8.38. The van der Waals surface area contributed by atoms with Gasteiger partial charge in [0, 0.05) is 31.8 Å². The SMILES string of the molecule is CC/[N+](=C1/C=CC(=NC2=C(C)N(C)C(c3ccccc3)C2=O)C(C)=C1)C(C)O. The van der Waals surface area contributed by atoms with Crippen molar-refractivity contribution >= 4 is 17.2 Å². The number of likely N-dealkylation sites (N-methyl/N-ethyl adjacent to an activating group) is 1. The Kier molecular flexibility index (Phi) is 5.75. The van der Waals surface area contributed by atoms with Crippen LogP contribution in [0.3, 0.4) is 0 Å². The minimum atomic E-state index is -0.561. The normalized spacial score (nSPS) is 24.1. The van der Waals surface area contributed by atoms with Crippen LogP contribution in [0.4, 0.5) is 0 Å². The van der Waals surface area contributed by atoms with Crippen molar-refractivity contribution in [3.05, 3.63) is 71.1 Å². The molecule has 2 unspecified atom stereocenters. The molecule has 2 aliphatic rings. The molecule has 0 saturated carbocycles. The number of aliphatic hydroxyl groups excluding tert-OH is 1. The summed E-state index contributed by atoms with van der Waals surface area (Å²) in [6, 6.07) is 9.48. The molecule has 1 aromatic rings. The van der Waals surface area contributed by atoms with Crippen LogP contribution in [0.15, 0.2) is 70.5 Å². The maximum atomic E-state index is 13.1. The Hall–Kier alpha value is -2.79. The molecule has 5 nitrogen and oxygen atoms in total. The number of hydrogen-bond donors (Lipinski definition) is 1. The maximum absolute atomic E-state index is 13.1. The molecule has 1 aromatic carbocycles. The third-order valence-electron chi connectivity index (χ3n) is 5.39. The van der Waals surface area contributed by atoms with Gasteiger partial charge in [0.2, 0.25) is 11.5 Å². The molecule has 0 radical (unpaired) electrons. The number of carbonyl (C=O) groups is 1. The molecular weight excluding hydrogens is 350 g/mol. The van der Waals surface area contributed by atoms with Crippen LogP contribution in [0, 0.1) is 0 Å². The Bertz CT molecular complexity index is 934. The molecular formula is C23H28N3O2+. The second-order valence-electron chi connectivity index (χ2n) is 7.22. The molecule has 28 heavy (non-hydrogen) atoms. The summed E-state index contributed by atoms with van der Waals surface area (Å²) in [6.07, 6.45) is 5.30. The van der Waals surface area contributed by atoms with Gasteiger partial charge in [0.25, 0.3) is 6.23 Å². The van der Waals surface area contributed by atoms with Crippen LogP contribution >= 0.6 is 0 Å². The average molecular weight is 378 g/mol. The average Bonchev–Trinajstić information content (AvgIpc) is 2.88. The molecule has 3 rings (SSSR count). The van der Waals surface area contributed by atoms with Gasteiger partial charge in [-0.05, 0) is 38.0 Å². The topological polar surface area (TPSA) is 55.9 Å². The number of nitrogens with zero attached hydrogens (tertiary/aromatic N) is 3. The van der Waals surface area contributed by atoms with Crippen LogP contribution in [0.1, 0.15) is 39.3 Å². The fourth-order valence-electron chi connectivity index (χ4n) is 3.72. The van der Waals surface area contributed by atoms with Gasteiger partial charge in [0.1, 0.15) is 18.3 Å². The van der Waals surface area contributed by atoms with Crippen LogP contribution in [0.5, 0.6) is 0 Å². The zero-order chi connectivity index (χ0) is 20.4. The number of rotatable bonds is 4. The van der Waals surface area contributed by atoms with E-state index in [9.17, 15) is 9.90 Å². The summed E-state index contributed by atoms with van der Waals surface area (Å²) in [5, 5.41) is 9.94. The van der Waals surface area contributed by atoms with Gasteiger partial charge < -0.3 is 10.0 Å². The molecule has 5 heteroatoms. The summed E-state index contributed by atoms with van der Waals surface area (Å²) in [5.74, 6) is 0.0221. The summed E-state index contributed by atoms with van der Waals surface area (Å²) in [5.41, 5.74) is 5.04. The second kappa shape index (κ2) is 8.07. The third-order valence-corrected chi connectivity index (χ3v) is 5.39. The molecule has 0 amide bonds. The van der Waals surface area contributed by atoms with Gasteiger partial charge in [-0.15, -0.1) is 0 Å². The second-order valence-corrected chi connectivity index (χ2v) is 7.22. The molecule has 2 atom stereocenters. The number of ketones is 1. The van der Waals surface area contributed by atoms with E-state index in [2.05, 4.69) is 0 Å². The zero-order valence-electron chi connectivity index (χ0n) is 17.2. The number of hydrogen-bond acceptors (Lipinski definition) is 4. The van der Waals surface area contributed by atoms with Crippen molar-refractivity contribution in [1.29, 1.82) is 0 Å². The van der Waals surface area contributed by atoms with Gasteiger partial charge >= 0.3 is 0 Å². The summed E-state index contributed by atoms with van der Waals surface area (Å²) < 4.78 is 1.90. The first-order valence-electron chi connectivity index (χ1n) is 9.65. The van der Waals surface area contributed by atoms with E-state index in [1.165, 1.54) is 0 Å². The highest BCUT2D eigenvalue weighted by molar-refractivity contribution is 6.21. The van der Waals surface area contributed by atoms with Gasteiger partial charge in [-0.2, -0.15) is 0 Å². The van der Waals surface area contributed by atoms with Gasteiger partial charge in [-0.3, -0.25) is 4.79 Å². The fourth-order valence-corrected chi connectivity index (χ4v) is 3.72. The highest BCUT2D eigenvalue weighted by atomic mass is 16.3. The molecule has 1 aliphatic heterocycles. The van der Waals surface area contributed by atoms with Crippen molar-refractivity contribution in [3.8, 4) is 0 Å². The van der Waals surface area contributed by atoms with Crippen LogP contribution in [-0.2, 0) is 4.79 Å². The first-order valence-corrected chi connectivity index (χ1v) is 9.65. The van der Waals surface area contributed by atoms with Crippen LogP contribution < -0.4 is 0 Å². The third kappa shape index (κ3) is 3.62. The molecule has 0 spiro atoms. The lowest BCUT2D eigenvalue weighted by Crippen LogP contribution is -2.29. The standard InChI is InChI=1S/C23H28N3O2/c1-6-26(17(4)27)19-12-13-20(15(2)14-19)24-21-16(3)25(5)22(23(21)28)18-10-8-7-9-11-18/h7-14,17,22,27H,6H2,1-5H3/q+1. The van der Waals surface area contributed by atoms with E-state index in [4.69, 9.17) is 4.99 Å². The lowest BCUT2D eigenvalue weighted by molar-refractivity contribution is -0.600. The number of benzene rings is 1. The van der Waals surface area contributed by atoms with Crippen molar-refractivity contribution < 1.29 is 14.5 Å². The Morgan fingerprint density at radius 3 is 2.46 bits per heavy atom. The lowest BCUT2D eigenvalue weighted by atomic mass is 10.0. The van der Waals surface area contributed by atoms with E-state index in [1.54, 1.807) is 6.92 Å². The summed E-state index contributed by atoms with van der Waals surface area (Å²) in [7, 11) is 1.94. The largest absolute Gasteiger partial charge is 0.362 e. The molecule has 146 valence electrons. The summed E-state index contributed by atoms with van der Waals surface area (Å²) in [4.78, 5) is 19.8. The van der Waals surface area contributed by atoms with Gasteiger partial charge in [0.05, 0.1) is 5.71 Å². The van der Waals surface area contributed by atoms with Crippen molar-refractivity contribution in [2.45, 2.75) is 40.0 Å². The van der Waals surface area contributed by atoms with Crippen molar-refractivity contribution in [2.75, 3.05) is 13.6 Å².